The third-order valence-electron chi connectivity index (χ3n) is 9.44. The molecule has 4 N–H and O–H groups in total. The van der Waals surface area contributed by atoms with Crippen LogP contribution in [0.4, 0.5) is 5.69 Å². The molecular weight excluding hydrogens is 524 g/mol. The molecule has 2 aromatic rings. The van der Waals surface area contributed by atoms with Crippen LogP contribution in [-0.2, 0) is 11.2 Å². The summed E-state index contributed by atoms with van der Waals surface area (Å²) in [4.78, 5) is 11.6. The van der Waals surface area contributed by atoms with E-state index >= 15 is 0 Å². The summed E-state index contributed by atoms with van der Waals surface area (Å²) >= 11 is 0. The van der Waals surface area contributed by atoms with Crippen LogP contribution in [0, 0.1) is 5.92 Å². The van der Waals surface area contributed by atoms with Crippen LogP contribution in [0.3, 0.4) is 0 Å². The lowest BCUT2D eigenvalue weighted by Gasteiger charge is -2.50. The van der Waals surface area contributed by atoms with Crippen molar-refractivity contribution >= 4 is 11.7 Å². The number of aliphatic carboxylic acids is 1. The number of carbonyl (C=O) groups is 1. The zero-order valence-corrected chi connectivity index (χ0v) is 26.0. The Balaban J connectivity index is 1.38. The van der Waals surface area contributed by atoms with Gasteiger partial charge >= 0.3 is 5.97 Å². The topological polar surface area (TPSA) is 82.6 Å². The van der Waals surface area contributed by atoms with Gasteiger partial charge in [0.2, 0.25) is 6.29 Å². The lowest BCUT2D eigenvalue weighted by molar-refractivity contribution is -0.955. The van der Waals surface area contributed by atoms with Gasteiger partial charge < -0.3 is 20.5 Å². The summed E-state index contributed by atoms with van der Waals surface area (Å²) in [6.45, 7) is 9.68. The summed E-state index contributed by atoms with van der Waals surface area (Å²) in [6, 6.07) is 17.4. The van der Waals surface area contributed by atoms with Crippen LogP contribution in [0.15, 0.2) is 60.7 Å². The minimum Gasteiger partial charge on any atom is -0.497 e. The van der Waals surface area contributed by atoms with E-state index in [0.29, 0.717) is 12.3 Å². The predicted octanol–water partition coefficient (Wildman–Crippen LogP) is 6.14. The van der Waals surface area contributed by atoms with Crippen LogP contribution in [0.2, 0.25) is 0 Å². The number of hydrogen-bond donors (Lipinski definition) is 4. The number of rotatable bonds is 16. The molecule has 0 saturated carbocycles. The summed E-state index contributed by atoms with van der Waals surface area (Å²) in [5.74, 6) is 0.322. The average molecular weight is 578 g/mol. The Hall–Kier alpha value is -2.87. The number of allylic oxidation sites excluding steroid dienone is 1. The van der Waals surface area contributed by atoms with E-state index in [4.69, 9.17) is 4.74 Å². The molecule has 3 unspecified atom stereocenters. The van der Waals surface area contributed by atoms with Crippen molar-refractivity contribution in [3.05, 3.63) is 71.8 Å². The zero-order chi connectivity index (χ0) is 29.8. The van der Waals surface area contributed by atoms with Crippen molar-refractivity contribution in [2.24, 2.45) is 5.92 Å². The fourth-order valence-corrected chi connectivity index (χ4v) is 6.70. The van der Waals surface area contributed by atoms with Gasteiger partial charge in [-0.2, -0.15) is 0 Å². The molecule has 1 saturated heterocycles. The molecule has 1 heterocycles. The van der Waals surface area contributed by atoms with Gasteiger partial charge in [-0.1, -0.05) is 62.6 Å². The van der Waals surface area contributed by atoms with Gasteiger partial charge in [-0.15, -0.1) is 0 Å². The number of methoxy groups -OCH3 is 1. The van der Waals surface area contributed by atoms with E-state index in [9.17, 15) is 9.90 Å². The summed E-state index contributed by atoms with van der Waals surface area (Å²) in [5.41, 5.74) is 3.77. The number of quaternary nitrogens is 1. The largest absolute Gasteiger partial charge is 0.497 e. The molecule has 0 radical (unpaired) electrons. The molecular formula is C35H53N4O3+. The minimum atomic E-state index is -0.707. The van der Waals surface area contributed by atoms with Gasteiger partial charge in [-0.25, -0.2) is 5.32 Å². The molecule has 7 heteroatoms. The smallest absolute Gasteiger partial charge is 0.308 e. The summed E-state index contributed by atoms with van der Waals surface area (Å²) < 4.78 is 6.41. The van der Waals surface area contributed by atoms with E-state index in [1.807, 2.05) is 6.08 Å². The lowest BCUT2D eigenvalue weighted by Crippen LogP contribution is -2.70. The quantitative estimate of drug-likeness (QED) is 0.109. The highest BCUT2D eigenvalue weighted by Crippen LogP contribution is 2.30. The molecule has 0 spiro atoms. The van der Waals surface area contributed by atoms with Gasteiger partial charge in [0, 0.05) is 24.2 Å². The number of unbranched alkanes of at least 4 members (excludes halogenated alkanes) is 4. The molecule has 0 amide bonds. The maximum Gasteiger partial charge on any atom is 0.308 e. The van der Waals surface area contributed by atoms with Gasteiger partial charge in [0.25, 0.3) is 0 Å². The normalized spacial score (nSPS) is 25.7. The third-order valence-corrected chi connectivity index (χ3v) is 9.44. The molecule has 1 aliphatic carbocycles. The SMILES string of the molecule is CCCCCCC[N+]1(CC)CC(c2ccc(OC)cc2)CNC1Nc1ccc(CCN[C@@H]2CC=CC[C@@H]2C(=O)O)cc1. The van der Waals surface area contributed by atoms with Gasteiger partial charge in [0.1, 0.15) is 5.75 Å². The zero-order valence-electron chi connectivity index (χ0n) is 26.0. The van der Waals surface area contributed by atoms with Crippen molar-refractivity contribution in [2.75, 3.05) is 45.2 Å². The van der Waals surface area contributed by atoms with Crippen molar-refractivity contribution in [3.8, 4) is 5.75 Å². The molecule has 1 aliphatic heterocycles. The van der Waals surface area contributed by atoms with Crippen LogP contribution in [0.5, 0.6) is 5.75 Å². The van der Waals surface area contributed by atoms with E-state index in [1.54, 1.807) is 7.11 Å². The maximum absolute atomic E-state index is 11.6. The number of nitrogens with zero attached hydrogens (tertiary/aromatic N) is 1. The fraction of sp³-hybridized carbons (Fsp3) is 0.571. The number of hydrogen-bond acceptors (Lipinski definition) is 5. The van der Waals surface area contributed by atoms with Crippen LogP contribution in [-0.4, -0.2) is 67.7 Å². The number of benzene rings is 2. The highest BCUT2D eigenvalue weighted by Gasteiger charge is 2.42. The second-order valence-corrected chi connectivity index (χ2v) is 12.2. The van der Waals surface area contributed by atoms with Crippen LogP contribution in [0.1, 0.15) is 75.8 Å². The number of likely N-dealkylation sites (N-methyl/N-ethyl adjacent to an activating group) is 1. The molecule has 1 fully saturated rings. The van der Waals surface area contributed by atoms with E-state index in [0.717, 1.165) is 61.5 Å². The van der Waals surface area contributed by atoms with E-state index in [1.165, 1.54) is 43.2 Å². The molecule has 230 valence electrons. The molecule has 42 heavy (non-hydrogen) atoms. The Morgan fingerprint density at radius 3 is 2.43 bits per heavy atom. The van der Waals surface area contributed by atoms with Gasteiger partial charge in [0.15, 0.2) is 0 Å². The van der Waals surface area contributed by atoms with Crippen molar-refractivity contribution in [3.63, 3.8) is 0 Å². The molecule has 5 atom stereocenters. The third kappa shape index (κ3) is 8.59. The fourth-order valence-electron chi connectivity index (χ4n) is 6.70. The minimum absolute atomic E-state index is 0.00876. The first-order valence-electron chi connectivity index (χ1n) is 16.2. The number of nitrogens with one attached hydrogen (secondary N) is 3. The van der Waals surface area contributed by atoms with Crippen LogP contribution in [0.25, 0.3) is 0 Å². The van der Waals surface area contributed by atoms with Crippen LogP contribution < -0.4 is 20.7 Å². The lowest BCUT2D eigenvalue weighted by atomic mass is 9.89. The van der Waals surface area contributed by atoms with Crippen molar-refractivity contribution < 1.29 is 19.1 Å². The molecule has 2 aromatic carbocycles. The van der Waals surface area contributed by atoms with E-state index in [-0.39, 0.29) is 18.2 Å². The number of anilines is 1. The van der Waals surface area contributed by atoms with E-state index in [2.05, 4.69) is 84.4 Å². The first kappa shape index (κ1) is 32.1. The van der Waals surface area contributed by atoms with Gasteiger partial charge in [-0.05, 0) is 81.0 Å². The van der Waals surface area contributed by atoms with E-state index < -0.39 is 5.97 Å². The van der Waals surface area contributed by atoms with Gasteiger partial charge in [0.05, 0.1) is 32.7 Å². The standard InChI is InChI=1S/C35H52N4O3/c1-4-6-7-8-11-24-39(5-2)26-29(28-16-20-31(42-3)21-17-28)25-37-35(39)38-30-18-14-27(15-19-30)22-23-36-33-13-10-9-12-32(33)34(40)41/h9-10,14-21,29,32-33,35-38H,4-8,11-13,22-26H2,1-3H3/p+1/t29?,32-,33+,35?,39?/m0/s1. The Morgan fingerprint density at radius 1 is 1.00 bits per heavy atom. The average Bonchev–Trinajstić information content (AvgIpc) is 3.02. The molecule has 7 nitrogen and oxygen atoms in total. The highest BCUT2D eigenvalue weighted by molar-refractivity contribution is 5.71. The number of carboxylic acids is 1. The Morgan fingerprint density at radius 2 is 1.74 bits per heavy atom. The molecule has 0 bridgehead atoms. The number of ether oxygens (including phenoxy) is 1. The maximum atomic E-state index is 11.6. The molecule has 0 aromatic heterocycles. The van der Waals surface area contributed by atoms with Crippen molar-refractivity contribution in [1.82, 2.24) is 10.6 Å². The summed E-state index contributed by atoms with van der Waals surface area (Å²) in [7, 11) is 1.72. The summed E-state index contributed by atoms with van der Waals surface area (Å²) in [5, 5.41) is 20.8. The summed E-state index contributed by atoms with van der Waals surface area (Å²) in [6.07, 6.45) is 13.0. The monoisotopic (exact) mass is 577 g/mol. The van der Waals surface area contributed by atoms with Crippen LogP contribution >= 0.6 is 0 Å². The number of carboxylic acid groups (broad SMARTS) is 1. The Kier molecular flexibility index (Phi) is 12.3. The first-order chi connectivity index (χ1) is 20.5. The first-order valence-corrected chi connectivity index (χ1v) is 16.2. The molecule has 4 rings (SSSR count). The Labute approximate surface area is 253 Å². The second-order valence-electron chi connectivity index (χ2n) is 12.2. The highest BCUT2D eigenvalue weighted by atomic mass is 16.5. The molecule has 2 aliphatic rings. The van der Waals surface area contributed by atoms with Crippen molar-refractivity contribution in [1.29, 1.82) is 0 Å². The second kappa shape index (κ2) is 16.1. The van der Waals surface area contributed by atoms with Crippen molar-refractivity contribution in [2.45, 2.75) is 83.5 Å². The van der Waals surface area contributed by atoms with Gasteiger partial charge in [-0.3, -0.25) is 9.28 Å². The Bertz CT molecular complexity index is 1120. The predicted molar refractivity (Wildman–Crippen MR) is 172 cm³/mol.